The summed E-state index contributed by atoms with van der Waals surface area (Å²) in [4.78, 5) is 12.6. The molecule has 1 heterocycles. The first kappa shape index (κ1) is 12.5. The van der Waals surface area contributed by atoms with Gasteiger partial charge in [0, 0.05) is 18.6 Å². The first-order valence-electron chi connectivity index (χ1n) is 5.46. The number of carbonyl (C=O) groups is 1. The van der Waals surface area contributed by atoms with Gasteiger partial charge in [0.15, 0.2) is 0 Å². The summed E-state index contributed by atoms with van der Waals surface area (Å²) in [5, 5.41) is 10.2. The van der Waals surface area contributed by atoms with Crippen molar-refractivity contribution in [2.45, 2.75) is 45.3 Å². The quantitative estimate of drug-likeness (QED) is 0.664. The zero-order valence-electron chi connectivity index (χ0n) is 9.78. The molecule has 0 atom stereocenters. The molecule has 1 rings (SSSR count). The van der Waals surface area contributed by atoms with Crippen molar-refractivity contribution in [3.05, 3.63) is 0 Å². The van der Waals surface area contributed by atoms with E-state index in [1.807, 2.05) is 0 Å². The number of aliphatic carboxylic acids is 1. The molecule has 4 heteroatoms. The fourth-order valence-corrected chi connectivity index (χ4v) is 1.88. The van der Waals surface area contributed by atoms with Gasteiger partial charge in [0.1, 0.15) is 0 Å². The highest BCUT2D eigenvalue weighted by Crippen LogP contribution is 2.21. The molecule has 0 N–H and O–H groups in total. The Morgan fingerprint density at radius 2 is 1.93 bits per heavy atom. The van der Waals surface area contributed by atoms with E-state index in [0.717, 1.165) is 25.9 Å². The third-order valence-corrected chi connectivity index (χ3v) is 2.83. The number of ether oxygens (including phenoxy) is 1. The molecular formula is C11H20NO3-. The average Bonchev–Trinajstić information content (AvgIpc) is 2.14. The molecule has 1 fully saturated rings. The van der Waals surface area contributed by atoms with Gasteiger partial charge in [-0.2, -0.15) is 0 Å². The number of piperidine rings is 1. The van der Waals surface area contributed by atoms with Crippen LogP contribution in [0.15, 0.2) is 0 Å². The summed E-state index contributed by atoms with van der Waals surface area (Å²) in [5.74, 6) is -1.13. The summed E-state index contributed by atoms with van der Waals surface area (Å²) in [6, 6.07) is 0. The number of hydrogen-bond acceptors (Lipinski definition) is 4. The van der Waals surface area contributed by atoms with Crippen molar-refractivity contribution in [1.29, 1.82) is 0 Å². The van der Waals surface area contributed by atoms with Gasteiger partial charge in [-0.25, -0.2) is 0 Å². The first-order valence-corrected chi connectivity index (χ1v) is 5.46. The van der Waals surface area contributed by atoms with Crippen LogP contribution < -0.4 is 5.11 Å². The van der Waals surface area contributed by atoms with Gasteiger partial charge >= 0.3 is 0 Å². The lowest BCUT2D eigenvalue weighted by Crippen LogP contribution is -2.48. The number of nitrogens with zero attached hydrogens (tertiary/aromatic N) is 1. The normalized spacial score (nSPS) is 20.5. The van der Waals surface area contributed by atoms with Crippen LogP contribution in [0.4, 0.5) is 0 Å². The van der Waals surface area contributed by atoms with Gasteiger partial charge in [-0.15, -0.1) is 0 Å². The molecule has 0 amide bonds. The van der Waals surface area contributed by atoms with Crippen LogP contribution in [-0.2, 0) is 9.53 Å². The summed E-state index contributed by atoms with van der Waals surface area (Å²) < 4.78 is 5.22. The molecule has 88 valence electrons. The van der Waals surface area contributed by atoms with E-state index in [2.05, 4.69) is 25.7 Å². The van der Waals surface area contributed by atoms with E-state index < -0.39 is 5.97 Å². The molecule has 1 aliphatic rings. The van der Waals surface area contributed by atoms with E-state index in [4.69, 9.17) is 4.74 Å². The van der Waals surface area contributed by atoms with Crippen molar-refractivity contribution in [2.75, 3.05) is 19.7 Å². The Morgan fingerprint density at radius 1 is 1.40 bits per heavy atom. The SMILES string of the molecule is CC(C)(C)N1CCC(OCC(=O)[O-])CC1. The van der Waals surface area contributed by atoms with Crippen LogP contribution in [0.25, 0.3) is 0 Å². The maximum Gasteiger partial charge on any atom is 0.0865 e. The maximum atomic E-state index is 10.2. The van der Waals surface area contributed by atoms with E-state index in [9.17, 15) is 9.90 Å². The molecular weight excluding hydrogens is 194 g/mol. The number of carbonyl (C=O) groups excluding carboxylic acids is 1. The number of carboxylic acids is 1. The summed E-state index contributed by atoms with van der Waals surface area (Å²) in [5.41, 5.74) is 0.194. The van der Waals surface area contributed by atoms with Crippen LogP contribution in [0.1, 0.15) is 33.6 Å². The van der Waals surface area contributed by atoms with E-state index in [0.29, 0.717) is 0 Å². The van der Waals surface area contributed by atoms with Crippen LogP contribution in [0.2, 0.25) is 0 Å². The number of carboxylic acid groups (broad SMARTS) is 1. The number of likely N-dealkylation sites (tertiary alicyclic amines) is 1. The van der Waals surface area contributed by atoms with E-state index in [1.165, 1.54) is 0 Å². The molecule has 0 radical (unpaired) electrons. The van der Waals surface area contributed by atoms with Crippen molar-refractivity contribution < 1.29 is 14.6 Å². The van der Waals surface area contributed by atoms with Crippen LogP contribution >= 0.6 is 0 Å². The second kappa shape index (κ2) is 4.94. The van der Waals surface area contributed by atoms with Crippen LogP contribution in [0.3, 0.4) is 0 Å². The Kier molecular flexibility index (Phi) is 4.11. The van der Waals surface area contributed by atoms with Gasteiger partial charge in [0.2, 0.25) is 0 Å². The van der Waals surface area contributed by atoms with E-state index in [1.54, 1.807) is 0 Å². The predicted octanol–water partition coefficient (Wildman–Crippen LogP) is 0.0158. The van der Waals surface area contributed by atoms with Crippen molar-refractivity contribution in [1.82, 2.24) is 4.90 Å². The van der Waals surface area contributed by atoms with Gasteiger partial charge in [-0.1, -0.05) is 0 Å². The lowest BCUT2D eigenvalue weighted by molar-refractivity contribution is -0.310. The molecule has 1 aliphatic heterocycles. The molecule has 0 aromatic rings. The maximum absolute atomic E-state index is 10.2. The lowest BCUT2D eigenvalue weighted by atomic mass is 9.99. The average molecular weight is 214 g/mol. The van der Waals surface area contributed by atoms with Crippen molar-refractivity contribution in [2.24, 2.45) is 0 Å². The minimum atomic E-state index is -1.13. The van der Waals surface area contributed by atoms with E-state index in [-0.39, 0.29) is 18.2 Å². The fourth-order valence-electron chi connectivity index (χ4n) is 1.88. The predicted molar refractivity (Wildman–Crippen MR) is 55.3 cm³/mol. The van der Waals surface area contributed by atoms with E-state index >= 15 is 0 Å². The second-order valence-corrected chi connectivity index (χ2v) is 5.04. The van der Waals surface area contributed by atoms with Crippen molar-refractivity contribution in [3.63, 3.8) is 0 Å². The Hall–Kier alpha value is -0.610. The Labute approximate surface area is 91.2 Å². The highest BCUT2D eigenvalue weighted by molar-refractivity contribution is 5.65. The second-order valence-electron chi connectivity index (χ2n) is 5.04. The Balaban J connectivity index is 2.27. The van der Waals surface area contributed by atoms with Gasteiger partial charge in [-0.3, -0.25) is 4.90 Å². The molecule has 4 nitrogen and oxygen atoms in total. The zero-order chi connectivity index (χ0) is 11.5. The van der Waals surface area contributed by atoms with Crippen molar-refractivity contribution >= 4 is 5.97 Å². The van der Waals surface area contributed by atoms with Gasteiger partial charge in [-0.05, 0) is 33.6 Å². The lowest BCUT2D eigenvalue weighted by Gasteiger charge is -2.40. The van der Waals surface area contributed by atoms with Gasteiger partial charge < -0.3 is 14.6 Å². The highest BCUT2D eigenvalue weighted by Gasteiger charge is 2.26. The Bertz CT molecular complexity index is 214. The molecule has 15 heavy (non-hydrogen) atoms. The molecule has 0 aromatic heterocycles. The fraction of sp³-hybridized carbons (Fsp3) is 0.909. The Morgan fingerprint density at radius 3 is 2.33 bits per heavy atom. The molecule has 0 unspecified atom stereocenters. The minimum Gasteiger partial charge on any atom is -0.548 e. The minimum absolute atomic E-state index is 0.0847. The smallest absolute Gasteiger partial charge is 0.0865 e. The summed E-state index contributed by atoms with van der Waals surface area (Å²) in [6.45, 7) is 8.24. The molecule has 1 saturated heterocycles. The number of hydrogen-bond donors (Lipinski definition) is 0. The summed E-state index contributed by atoms with van der Waals surface area (Å²) in [7, 11) is 0. The third-order valence-electron chi connectivity index (χ3n) is 2.83. The zero-order valence-corrected chi connectivity index (χ0v) is 9.78. The topological polar surface area (TPSA) is 52.6 Å². The highest BCUT2D eigenvalue weighted by atomic mass is 16.5. The summed E-state index contributed by atoms with van der Waals surface area (Å²) >= 11 is 0. The molecule has 0 spiro atoms. The third kappa shape index (κ3) is 4.18. The van der Waals surface area contributed by atoms with Crippen molar-refractivity contribution in [3.8, 4) is 0 Å². The standard InChI is InChI=1S/C11H21NO3/c1-11(2,3)12-6-4-9(5-7-12)15-8-10(13)14/h9H,4-8H2,1-3H3,(H,13,14)/p-1. The molecule has 0 aromatic carbocycles. The molecule has 0 saturated carbocycles. The van der Waals surface area contributed by atoms with Crippen LogP contribution in [0.5, 0.6) is 0 Å². The summed E-state index contributed by atoms with van der Waals surface area (Å²) in [6.07, 6.45) is 1.90. The monoisotopic (exact) mass is 214 g/mol. The van der Waals surface area contributed by atoms with Gasteiger partial charge in [0.05, 0.1) is 18.7 Å². The molecule has 0 bridgehead atoms. The first-order chi connectivity index (χ1) is 6.89. The van der Waals surface area contributed by atoms with Crippen LogP contribution in [-0.4, -0.2) is 42.2 Å². The molecule has 0 aliphatic carbocycles. The van der Waals surface area contributed by atoms with Gasteiger partial charge in [0.25, 0.3) is 0 Å². The van der Waals surface area contributed by atoms with Crippen LogP contribution in [0, 0.1) is 0 Å². The largest absolute Gasteiger partial charge is 0.548 e. The number of rotatable bonds is 3.